The molecule has 1 aliphatic rings. The fourth-order valence-electron chi connectivity index (χ4n) is 1.29. The molecule has 0 spiro atoms. The summed E-state index contributed by atoms with van der Waals surface area (Å²) in [6.07, 6.45) is 4.12. The van der Waals surface area contributed by atoms with Gasteiger partial charge in [0.25, 0.3) is 0 Å². The second kappa shape index (κ2) is 3.16. The van der Waals surface area contributed by atoms with Crippen LogP contribution >= 0.6 is 0 Å². The lowest BCUT2D eigenvalue weighted by molar-refractivity contribution is 0.268. The van der Waals surface area contributed by atoms with Gasteiger partial charge in [-0.15, -0.1) is 0 Å². The molecule has 0 aliphatic heterocycles. The fourth-order valence-corrected chi connectivity index (χ4v) is 1.29. The maximum Gasteiger partial charge on any atom is 0.115 e. The molecule has 1 aliphatic carbocycles. The van der Waals surface area contributed by atoms with Crippen molar-refractivity contribution in [3.05, 3.63) is 0 Å². The summed E-state index contributed by atoms with van der Waals surface area (Å²) >= 11 is 0. The second-order valence-corrected chi connectivity index (χ2v) is 2.82. The van der Waals surface area contributed by atoms with Crippen molar-refractivity contribution < 1.29 is 4.39 Å². The number of rotatable bonds is 0. The average Bonchev–Trinajstić information content (AvgIpc) is 1.99. The van der Waals surface area contributed by atoms with E-state index >= 15 is 0 Å². The van der Waals surface area contributed by atoms with Crippen LogP contribution < -0.4 is 5.73 Å². The van der Waals surface area contributed by atoms with Crippen molar-refractivity contribution >= 4 is 0 Å². The van der Waals surface area contributed by atoms with Crippen molar-refractivity contribution in [2.24, 2.45) is 5.73 Å². The Balaban J connectivity index is 2.32. The zero-order chi connectivity index (χ0) is 6.69. The van der Waals surface area contributed by atoms with Crippen molar-refractivity contribution in [1.29, 1.82) is 0 Å². The summed E-state index contributed by atoms with van der Waals surface area (Å²) < 4.78 is 12.7. The average molecular weight is 131 g/mol. The summed E-state index contributed by atoms with van der Waals surface area (Å²) in [4.78, 5) is 0. The lowest BCUT2D eigenvalue weighted by Crippen LogP contribution is -2.29. The molecule has 2 heteroatoms. The van der Waals surface area contributed by atoms with Crippen molar-refractivity contribution in [2.45, 2.75) is 44.3 Å². The third kappa shape index (κ3) is 1.94. The molecule has 54 valence electrons. The van der Waals surface area contributed by atoms with Gasteiger partial charge in [-0.05, 0) is 12.8 Å². The first-order valence-corrected chi connectivity index (χ1v) is 3.70. The smallest absolute Gasteiger partial charge is 0.115 e. The molecule has 1 nitrogen and oxygen atoms in total. The van der Waals surface area contributed by atoms with Gasteiger partial charge in [0.1, 0.15) is 6.17 Å². The minimum Gasteiger partial charge on any atom is -0.325 e. The topological polar surface area (TPSA) is 26.0 Å². The van der Waals surface area contributed by atoms with E-state index in [-0.39, 0.29) is 6.04 Å². The minimum atomic E-state index is -0.729. The van der Waals surface area contributed by atoms with Crippen molar-refractivity contribution in [1.82, 2.24) is 0 Å². The van der Waals surface area contributed by atoms with E-state index in [1.54, 1.807) is 0 Å². The highest BCUT2D eigenvalue weighted by atomic mass is 19.1. The highest BCUT2D eigenvalue weighted by Gasteiger charge is 2.18. The monoisotopic (exact) mass is 131 g/mol. The van der Waals surface area contributed by atoms with Crippen molar-refractivity contribution in [3.8, 4) is 0 Å². The molecule has 1 unspecified atom stereocenters. The first-order valence-electron chi connectivity index (χ1n) is 3.70. The Morgan fingerprint density at radius 2 is 1.78 bits per heavy atom. The van der Waals surface area contributed by atoms with Crippen LogP contribution in [0.2, 0.25) is 0 Å². The van der Waals surface area contributed by atoms with Gasteiger partial charge in [-0.1, -0.05) is 19.3 Å². The number of nitrogens with two attached hydrogens (primary N) is 1. The van der Waals surface area contributed by atoms with E-state index in [4.69, 9.17) is 5.73 Å². The van der Waals surface area contributed by atoms with Gasteiger partial charge in [-0.2, -0.15) is 0 Å². The third-order valence-electron chi connectivity index (χ3n) is 1.98. The minimum absolute atomic E-state index is 0.174. The van der Waals surface area contributed by atoms with Crippen LogP contribution in [0.25, 0.3) is 0 Å². The second-order valence-electron chi connectivity index (χ2n) is 2.82. The quantitative estimate of drug-likeness (QED) is 0.497. The van der Waals surface area contributed by atoms with E-state index in [0.717, 1.165) is 25.7 Å². The lowest BCUT2D eigenvalue weighted by atomic mass is 10.1. The number of hydrogen-bond donors (Lipinski definition) is 1. The summed E-state index contributed by atoms with van der Waals surface area (Å²) in [6.45, 7) is 0. The van der Waals surface area contributed by atoms with Crippen LogP contribution in [-0.4, -0.2) is 12.2 Å². The van der Waals surface area contributed by atoms with Gasteiger partial charge in [0.15, 0.2) is 0 Å². The SMILES string of the molecule is NC1CCCCC[C@@H]1F. The normalized spacial score (nSPS) is 38.0. The van der Waals surface area contributed by atoms with E-state index in [1.165, 1.54) is 0 Å². The Hall–Kier alpha value is -0.110. The summed E-state index contributed by atoms with van der Waals surface area (Å²) in [5.41, 5.74) is 5.50. The van der Waals surface area contributed by atoms with E-state index in [1.807, 2.05) is 0 Å². The Bertz CT molecular complexity index is 75.0. The molecule has 1 saturated carbocycles. The zero-order valence-corrected chi connectivity index (χ0v) is 5.65. The Kier molecular flexibility index (Phi) is 2.46. The Labute approximate surface area is 55.4 Å². The summed E-state index contributed by atoms with van der Waals surface area (Å²) in [5.74, 6) is 0. The summed E-state index contributed by atoms with van der Waals surface area (Å²) in [6, 6.07) is -0.174. The zero-order valence-electron chi connectivity index (χ0n) is 5.65. The molecule has 1 rings (SSSR count). The molecule has 0 aromatic rings. The van der Waals surface area contributed by atoms with Crippen LogP contribution in [0.1, 0.15) is 32.1 Å². The first kappa shape index (κ1) is 7.00. The Morgan fingerprint density at radius 3 is 2.56 bits per heavy atom. The van der Waals surface area contributed by atoms with Crippen LogP contribution in [0.5, 0.6) is 0 Å². The van der Waals surface area contributed by atoms with E-state index in [0.29, 0.717) is 6.42 Å². The van der Waals surface area contributed by atoms with Crippen LogP contribution in [0.3, 0.4) is 0 Å². The molecular weight excluding hydrogens is 117 g/mol. The van der Waals surface area contributed by atoms with Crippen molar-refractivity contribution in [3.63, 3.8) is 0 Å². The largest absolute Gasteiger partial charge is 0.325 e. The van der Waals surface area contributed by atoms with E-state index in [2.05, 4.69) is 0 Å². The molecule has 0 aromatic heterocycles. The molecule has 0 saturated heterocycles. The van der Waals surface area contributed by atoms with Crippen LogP contribution in [0, 0.1) is 0 Å². The highest BCUT2D eigenvalue weighted by molar-refractivity contribution is 4.75. The molecule has 1 fully saturated rings. The molecule has 2 atom stereocenters. The van der Waals surface area contributed by atoms with Gasteiger partial charge in [-0.3, -0.25) is 0 Å². The fraction of sp³-hybridized carbons (Fsp3) is 1.00. The van der Waals surface area contributed by atoms with Gasteiger partial charge < -0.3 is 5.73 Å². The molecule has 0 aromatic carbocycles. The highest BCUT2D eigenvalue weighted by Crippen LogP contribution is 2.18. The molecule has 0 radical (unpaired) electrons. The van der Waals surface area contributed by atoms with Crippen LogP contribution in [-0.2, 0) is 0 Å². The maximum atomic E-state index is 12.7. The molecule has 0 amide bonds. The predicted octanol–water partition coefficient (Wildman–Crippen LogP) is 1.62. The molecular formula is C7H14FN. The number of halogens is 1. The summed E-state index contributed by atoms with van der Waals surface area (Å²) in [5, 5.41) is 0. The van der Waals surface area contributed by atoms with Crippen molar-refractivity contribution in [2.75, 3.05) is 0 Å². The van der Waals surface area contributed by atoms with Gasteiger partial charge >= 0.3 is 0 Å². The molecule has 0 heterocycles. The van der Waals surface area contributed by atoms with Crippen LogP contribution in [0.15, 0.2) is 0 Å². The summed E-state index contributed by atoms with van der Waals surface area (Å²) in [7, 11) is 0. The number of hydrogen-bond acceptors (Lipinski definition) is 1. The molecule has 0 bridgehead atoms. The maximum absolute atomic E-state index is 12.7. The van der Waals surface area contributed by atoms with E-state index < -0.39 is 6.17 Å². The molecule has 2 N–H and O–H groups in total. The standard InChI is InChI=1S/C7H14FN/c8-6-4-2-1-3-5-7(6)9/h6-7H,1-5,9H2/t6-,7?/m0/s1. The predicted molar refractivity (Wildman–Crippen MR) is 36.0 cm³/mol. The first-order chi connectivity index (χ1) is 4.30. The van der Waals surface area contributed by atoms with Gasteiger partial charge in [0.05, 0.1) is 0 Å². The van der Waals surface area contributed by atoms with E-state index in [9.17, 15) is 4.39 Å². The van der Waals surface area contributed by atoms with Gasteiger partial charge in [0, 0.05) is 6.04 Å². The van der Waals surface area contributed by atoms with Gasteiger partial charge in [-0.25, -0.2) is 4.39 Å². The lowest BCUT2D eigenvalue weighted by Gasteiger charge is -2.10. The molecule has 9 heavy (non-hydrogen) atoms. The van der Waals surface area contributed by atoms with Gasteiger partial charge in [0.2, 0.25) is 0 Å². The van der Waals surface area contributed by atoms with Crippen LogP contribution in [0.4, 0.5) is 4.39 Å². The Morgan fingerprint density at radius 1 is 1.11 bits per heavy atom. The third-order valence-corrected chi connectivity index (χ3v) is 1.98. The number of alkyl halides is 1.